The summed E-state index contributed by atoms with van der Waals surface area (Å²) in [6.45, 7) is 3.46. The Morgan fingerprint density at radius 3 is 2.24 bits per heavy atom. The molecule has 1 aliphatic heterocycles. The fourth-order valence-corrected chi connectivity index (χ4v) is 2.05. The third-order valence-corrected chi connectivity index (χ3v) is 3.18. The predicted molar refractivity (Wildman–Crippen MR) is 71.0 cm³/mol. The smallest absolute Gasteiger partial charge is 0.213 e. The Labute approximate surface area is 106 Å². The summed E-state index contributed by atoms with van der Waals surface area (Å²) in [6, 6.07) is 7.86. The summed E-state index contributed by atoms with van der Waals surface area (Å²) in [6.07, 6.45) is 0. The maximum absolute atomic E-state index is 5.86. The first kappa shape index (κ1) is 11.9. The van der Waals surface area contributed by atoms with Crippen LogP contribution in [0.5, 0.6) is 0 Å². The molecule has 0 amide bonds. The highest BCUT2D eigenvalue weighted by molar-refractivity contribution is 6.30. The first-order chi connectivity index (χ1) is 8.20. The summed E-state index contributed by atoms with van der Waals surface area (Å²) < 4.78 is 0. The molecule has 4 N–H and O–H groups in total. The fraction of sp³-hybridized carbons (Fsp3) is 0.364. The van der Waals surface area contributed by atoms with Crippen molar-refractivity contribution < 1.29 is 0 Å². The van der Waals surface area contributed by atoms with E-state index in [1.54, 1.807) is 0 Å². The van der Waals surface area contributed by atoms with Crippen molar-refractivity contribution in [2.75, 3.05) is 31.1 Å². The maximum Gasteiger partial charge on any atom is 0.213 e. The Kier molecular flexibility index (Phi) is 3.58. The molecule has 0 unspecified atom stereocenters. The molecule has 17 heavy (non-hydrogen) atoms. The number of benzene rings is 1. The van der Waals surface area contributed by atoms with Gasteiger partial charge in [-0.05, 0) is 24.3 Å². The number of anilines is 1. The molecule has 6 heteroatoms. The van der Waals surface area contributed by atoms with Gasteiger partial charge in [-0.2, -0.15) is 0 Å². The number of piperazine rings is 1. The quantitative estimate of drug-likeness (QED) is 0.334. The van der Waals surface area contributed by atoms with Crippen LogP contribution in [0.15, 0.2) is 29.4 Å². The third-order valence-electron chi connectivity index (χ3n) is 2.93. The van der Waals surface area contributed by atoms with Gasteiger partial charge < -0.3 is 21.4 Å². The number of hydrogen-bond acceptors (Lipinski definition) is 3. The Morgan fingerprint density at radius 1 is 1.12 bits per heavy atom. The lowest BCUT2D eigenvalue weighted by Gasteiger charge is -2.36. The van der Waals surface area contributed by atoms with Crippen LogP contribution in [0.25, 0.3) is 0 Å². The van der Waals surface area contributed by atoms with Gasteiger partial charge in [0.2, 0.25) is 5.96 Å². The minimum atomic E-state index is 0.403. The molecule has 0 saturated carbocycles. The summed E-state index contributed by atoms with van der Waals surface area (Å²) in [7, 11) is 0. The number of nitrogens with zero attached hydrogens (tertiary/aromatic N) is 3. The highest BCUT2D eigenvalue weighted by atomic mass is 35.5. The van der Waals surface area contributed by atoms with Gasteiger partial charge in [-0.1, -0.05) is 11.6 Å². The number of hydrazone groups is 1. The van der Waals surface area contributed by atoms with Crippen molar-refractivity contribution in [1.82, 2.24) is 4.90 Å². The van der Waals surface area contributed by atoms with Gasteiger partial charge in [0.1, 0.15) is 0 Å². The van der Waals surface area contributed by atoms with Crippen LogP contribution in [0.4, 0.5) is 5.69 Å². The van der Waals surface area contributed by atoms with Gasteiger partial charge in [0.25, 0.3) is 0 Å². The van der Waals surface area contributed by atoms with E-state index in [2.05, 4.69) is 10.0 Å². The average Bonchev–Trinajstić information content (AvgIpc) is 2.39. The zero-order valence-corrected chi connectivity index (χ0v) is 10.3. The number of nitrogens with two attached hydrogens (primary N) is 2. The molecule has 0 bridgehead atoms. The number of rotatable bonds is 1. The minimum Gasteiger partial charge on any atom is -0.368 e. The molecule has 1 fully saturated rings. The normalized spacial score (nSPS) is 17.4. The molecule has 0 spiro atoms. The molecule has 2 rings (SSSR count). The molecule has 0 aliphatic carbocycles. The molecule has 1 aromatic carbocycles. The van der Waals surface area contributed by atoms with Crippen LogP contribution in [0.3, 0.4) is 0 Å². The van der Waals surface area contributed by atoms with E-state index in [1.165, 1.54) is 5.69 Å². The second-order valence-corrected chi connectivity index (χ2v) is 4.37. The van der Waals surface area contributed by atoms with E-state index in [4.69, 9.17) is 23.2 Å². The molecular formula is C11H16ClN5. The Balaban J connectivity index is 1.97. The van der Waals surface area contributed by atoms with Crippen LogP contribution in [0, 0.1) is 0 Å². The standard InChI is InChI=1S/C11H16ClN5/c12-9-1-3-10(4-2-9)16-5-7-17(8-6-16)11(13)15-14/h1-4H,5-8,14H2,(H2,13,15). The van der Waals surface area contributed by atoms with Gasteiger partial charge in [0.15, 0.2) is 0 Å². The lowest BCUT2D eigenvalue weighted by molar-refractivity contribution is 0.381. The van der Waals surface area contributed by atoms with Crippen LogP contribution >= 0.6 is 11.6 Å². The Morgan fingerprint density at radius 2 is 1.71 bits per heavy atom. The van der Waals surface area contributed by atoms with Crippen molar-refractivity contribution in [3.63, 3.8) is 0 Å². The molecule has 1 aliphatic rings. The summed E-state index contributed by atoms with van der Waals surface area (Å²) >= 11 is 5.86. The topological polar surface area (TPSA) is 70.9 Å². The van der Waals surface area contributed by atoms with E-state index < -0.39 is 0 Å². The molecule has 0 aromatic heterocycles. The van der Waals surface area contributed by atoms with E-state index in [0.29, 0.717) is 5.96 Å². The highest BCUT2D eigenvalue weighted by Gasteiger charge is 2.18. The second-order valence-electron chi connectivity index (χ2n) is 3.94. The largest absolute Gasteiger partial charge is 0.368 e. The second kappa shape index (κ2) is 5.14. The van der Waals surface area contributed by atoms with Crippen molar-refractivity contribution in [1.29, 1.82) is 0 Å². The van der Waals surface area contributed by atoms with Crippen LogP contribution < -0.4 is 16.5 Å². The van der Waals surface area contributed by atoms with E-state index in [9.17, 15) is 0 Å². The molecular weight excluding hydrogens is 238 g/mol. The SMILES string of the molecule is NN=C(N)N1CCN(c2ccc(Cl)cc2)CC1. The Bertz CT molecular complexity index is 395. The average molecular weight is 254 g/mol. The van der Waals surface area contributed by atoms with Crippen LogP contribution in [0.2, 0.25) is 5.02 Å². The maximum atomic E-state index is 5.86. The van der Waals surface area contributed by atoms with E-state index in [0.717, 1.165) is 31.2 Å². The van der Waals surface area contributed by atoms with E-state index >= 15 is 0 Å². The molecule has 0 atom stereocenters. The molecule has 1 saturated heterocycles. The van der Waals surface area contributed by atoms with Gasteiger partial charge in [-0.15, -0.1) is 5.10 Å². The first-order valence-electron chi connectivity index (χ1n) is 5.49. The van der Waals surface area contributed by atoms with E-state index in [1.807, 2.05) is 29.2 Å². The van der Waals surface area contributed by atoms with Crippen LogP contribution in [-0.4, -0.2) is 37.0 Å². The monoisotopic (exact) mass is 253 g/mol. The summed E-state index contributed by atoms with van der Waals surface area (Å²) in [4.78, 5) is 4.27. The van der Waals surface area contributed by atoms with E-state index in [-0.39, 0.29) is 0 Å². The van der Waals surface area contributed by atoms with Crippen molar-refractivity contribution in [2.45, 2.75) is 0 Å². The van der Waals surface area contributed by atoms with Crippen molar-refractivity contribution in [3.8, 4) is 0 Å². The van der Waals surface area contributed by atoms with Crippen molar-refractivity contribution >= 4 is 23.2 Å². The zero-order chi connectivity index (χ0) is 12.3. The van der Waals surface area contributed by atoms with Crippen molar-refractivity contribution in [3.05, 3.63) is 29.3 Å². The number of halogens is 1. The zero-order valence-electron chi connectivity index (χ0n) is 9.51. The van der Waals surface area contributed by atoms with Gasteiger partial charge >= 0.3 is 0 Å². The molecule has 1 aromatic rings. The molecule has 5 nitrogen and oxygen atoms in total. The molecule has 92 valence electrons. The Hall–Kier alpha value is -1.62. The molecule has 1 heterocycles. The first-order valence-corrected chi connectivity index (χ1v) is 5.87. The number of hydrogen-bond donors (Lipinski definition) is 2. The summed E-state index contributed by atoms with van der Waals surface area (Å²) in [5.41, 5.74) is 6.84. The van der Waals surface area contributed by atoms with Gasteiger partial charge in [0.05, 0.1) is 0 Å². The highest BCUT2D eigenvalue weighted by Crippen LogP contribution is 2.19. The summed E-state index contributed by atoms with van der Waals surface area (Å²) in [5.74, 6) is 5.56. The van der Waals surface area contributed by atoms with Gasteiger partial charge in [-0.3, -0.25) is 0 Å². The third kappa shape index (κ3) is 2.74. The lowest BCUT2D eigenvalue weighted by atomic mass is 10.2. The van der Waals surface area contributed by atoms with Crippen LogP contribution in [-0.2, 0) is 0 Å². The van der Waals surface area contributed by atoms with Crippen molar-refractivity contribution in [2.24, 2.45) is 16.7 Å². The minimum absolute atomic E-state index is 0.403. The lowest BCUT2D eigenvalue weighted by Crippen LogP contribution is -2.51. The van der Waals surface area contributed by atoms with Crippen LogP contribution in [0.1, 0.15) is 0 Å². The molecule has 0 radical (unpaired) electrons. The van der Waals surface area contributed by atoms with Gasteiger partial charge in [0, 0.05) is 36.9 Å². The fourth-order valence-electron chi connectivity index (χ4n) is 1.93. The predicted octanol–water partition coefficient (Wildman–Crippen LogP) is 0.650. The summed E-state index contributed by atoms with van der Waals surface area (Å²) in [5, 5.41) is 4.26. The number of guanidine groups is 1. The van der Waals surface area contributed by atoms with Gasteiger partial charge in [-0.25, -0.2) is 0 Å².